The summed E-state index contributed by atoms with van der Waals surface area (Å²) in [5.41, 5.74) is -1.80. The van der Waals surface area contributed by atoms with E-state index in [9.17, 15) is 35.5 Å². The Labute approximate surface area is 154 Å². The van der Waals surface area contributed by atoms with Crippen LogP contribution in [0.25, 0.3) is 0 Å². The largest absolute Gasteiger partial charge is 0.416 e. The van der Waals surface area contributed by atoms with Gasteiger partial charge in [-0.2, -0.15) is 35.7 Å². The molecule has 4 nitrogen and oxygen atoms in total. The summed E-state index contributed by atoms with van der Waals surface area (Å²) in [4.78, 5) is 17.2. The van der Waals surface area contributed by atoms with Gasteiger partial charge in [-0.15, -0.1) is 0 Å². The molecule has 0 saturated carbocycles. The van der Waals surface area contributed by atoms with Crippen LogP contribution in [-0.4, -0.2) is 42.0 Å². The molecule has 150 valence electrons. The van der Waals surface area contributed by atoms with Crippen LogP contribution in [-0.2, 0) is 6.18 Å². The summed E-state index contributed by atoms with van der Waals surface area (Å²) >= 11 is 0. The maximum atomic E-state index is 13.8. The number of carbonyl (C=O) groups is 1. The lowest BCUT2D eigenvalue weighted by molar-refractivity contribution is -0.137. The van der Waals surface area contributed by atoms with Crippen LogP contribution in [0.1, 0.15) is 15.9 Å². The van der Waals surface area contributed by atoms with Crippen molar-refractivity contribution < 1.29 is 35.5 Å². The Morgan fingerprint density at radius 2 is 1.36 bits per heavy atom. The number of alkyl halides is 3. The van der Waals surface area contributed by atoms with Crippen LogP contribution in [0, 0.1) is 23.5 Å². The molecule has 0 aliphatic carbocycles. The molecule has 2 aromatic rings. The predicted octanol–water partition coefficient (Wildman–Crippen LogP) is 3.62. The van der Waals surface area contributed by atoms with E-state index in [1.54, 1.807) is 0 Å². The number of halogens is 7. The number of anilines is 1. The first-order chi connectivity index (χ1) is 13.1. The monoisotopic (exact) mass is 407 g/mol. The zero-order valence-electron chi connectivity index (χ0n) is 14.0. The molecule has 3 rings (SSSR count). The van der Waals surface area contributed by atoms with Gasteiger partial charge in [0.1, 0.15) is 5.69 Å². The Bertz CT molecular complexity index is 865. The van der Waals surface area contributed by atoms with Crippen LogP contribution in [0.15, 0.2) is 24.3 Å². The number of rotatable bonds is 2. The molecule has 0 radical (unpaired) electrons. The normalized spacial score (nSPS) is 15.1. The summed E-state index contributed by atoms with van der Waals surface area (Å²) in [5.74, 6) is -7.40. The molecule has 1 saturated heterocycles. The molecule has 1 aromatic heterocycles. The lowest BCUT2D eigenvalue weighted by Crippen LogP contribution is -2.49. The zero-order valence-corrected chi connectivity index (χ0v) is 14.0. The van der Waals surface area contributed by atoms with Gasteiger partial charge in [-0.3, -0.25) is 4.79 Å². The van der Waals surface area contributed by atoms with Crippen LogP contribution in [0.3, 0.4) is 0 Å². The Morgan fingerprint density at radius 3 is 1.82 bits per heavy atom. The molecule has 0 bridgehead atoms. The van der Waals surface area contributed by atoms with Gasteiger partial charge in [0.15, 0.2) is 0 Å². The molecule has 1 aliphatic rings. The van der Waals surface area contributed by atoms with Crippen molar-refractivity contribution in [2.75, 3.05) is 31.1 Å². The number of benzene rings is 1. The number of nitrogens with zero attached hydrogens (tertiary/aromatic N) is 3. The third-order valence-electron chi connectivity index (χ3n) is 4.32. The van der Waals surface area contributed by atoms with Crippen molar-refractivity contribution in [1.82, 2.24) is 9.88 Å². The molecule has 2 heterocycles. The Balaban J connectivity index is 1.71. The second-order valence-corrected chi connectivity index (χ2v) is 6.02. The zero-order chi connectivity index (χ0) is 20.6. The highest BCUT2D eigenvalue weighted by Crippen LogP contribution is 2.30. The quantitative estimate of drug-likeness (QED) is 0.564. The van der Waals surface area contributed by atoms with Gasteiger partial charge in [-0.25, -0.2) is 0 Å². The van der Waals surface area contributed by atoms with Crippen LogP contribution < -0.4 is 4.90 Å². The van der Waals surface area contributed by atoms with Crippen molar-refractivity contribution in [1.29, 1.82) is 0 Å². The summed E-state index contributed by atoms with van der Waals surface area (Å²) in [5, 5.41) is 0. The molecular weight excluding hydrogens is 395 g/mol. The first-order valence-corrected chi connectivity index (χ1v) is 8.01. The van der Waals surface area contributed by atoms with Gasteiger partial charge in [0, 0.05) is 31.7 Å². The van der Waals surface area contributed by atoms with E-state index in [1.807, 2.05) is 0 Å². The van der Waals surface area contributed by atoms with Crippen molar-refractivity contribution in [2.24, 2.45) is 0 Å². The standard InChI is InChI=1S/C17H12F7N3O/c18-11-13(12(19)15(21)25-14(11)20)26-5-7-27(8-6-26)16(28)9-1-3-10(4-2-9)17(22,23)24/h1-4H,5-8H2. The Hall–Kier alpha value is -2.85. The molecule has 0 N–H and O–H groups in total. The van der Waals surface area contributed by atoms with Gasteiger partial charge in [0.2, 0.25) is 11.6 Å². The van der Waals surface area contributed by atoms with Crippen LogP contribution in [0.2, 0.25) is 0 Å². The van der Waals surface area contributed by atoms with E-state index in [4.69, 9.17) is 0 Å². The average Bonchev–Trinajstić information content (AvgIpc) is 2.66. The number of pyridine rings is 1. The topological polar surface area (TPSA) is 36.4 Å². The molecule has 1 aliphatic heterocycles. The summed E-state index contributed by atoms with van der Waals surface area (Å²) in [7, 11) is 0. The molecule has 28 heavy (non-hydrogen) atoms. The fourth-order valence-electron chi connectivity index (χ4n) is 2.87. The number of aromatic nitrogens is 1. The van der Waals surface area contributed by atoms with E-state index >= 15 is 0 Å². The summed E-state index contributed by atoms with van der Waals surface area (Å²) in [6.07, 6.45) is -4.53. The lowest BCUT2D eigenvalue weighted by Gasteiger charge is -2.36. The molecule has 11 heteroatoms. The number of amides is 1. The second kappa shape index (κ2) is 7.28. The van der Waals surface area contributed by atoms with E-state index < -0.39 is 46.9 Å². The highest BCUT2D eigenvalue weighted by Gasteiger charge is 2.32. The summed E-state index contributed by atoms with van der Waals surface area (Å²) < 4.78 is 91.9. The van der Waals surface area contributed by atoms with Gasteiger partial charge in [-0.05, 0) is 24.3 Å². The fourth-order valence-corrected chi connectivity index (χ4v) is 2.87. The van der Waals surface area contributed by atoms with Crippen LogP contribution in [0.5, 0.6) is 0 Å². The lowest BCUT2D eigenvalue weighted by atomic mass is 10.1. The molecule has 1 fully saturated rings. The third-order valence-corrected chi connectivity index (χ3v) is 4.32. The van der Waals surface area contributed by atoms with Crippen LogP contribution in [0.4, 0.5) is 36.4 Å². The fraction of sp³-hybridized carbons (Fsp3) is 0.294. The van der Waals surface area contributed by atoms with Gasteiger partial charge in [0.25, 0.3) is 17.8 Å². The van der Waals surface area contributed by atoms with E-state index in [2.05, 4.69) is 4.98 Å². The Kier molecular flexibility index (Phi) is 5.18. The highest BCUT2D eigenvalue weighted by molar-refractivity contribution is 5.94. The van der Waals surface area contributed by atoms with E-state index in [0.29, 0.717) is 0 Å². The minimum Gasteiger partial charge on any atom is -0.363 e. The van der Waals surface area contributed by atoms with E-state index in [0.717, 1.165) is 29.2 Å². The maximum Gasteiger partial charge on any atom is 0.416 e. The van der Waals surface area contributed by atoms with Gasteiger partial charge >= 0.3 is 6.18 Å². The van der Waals surface area contributed by atoms with Gasteiger partial charge in [-0.1, -0.05) is 0 Å². The second-order valence-electron chi connectivity index (χ2n) is 6.02. The first kappa shape index (κ1) is 19.9. The molecular formula is C17H12F7N3O. The number of hydrogen-bond donors (Lipinski definition) is 0. The summed E-state index contributed by atoms with van der Waals surface area (Å²) in [6, 6.07) is 3.61. The van der Waals surface area contributed by atoms with Crippen molar-refractivity contribution in [3.8, 4) is 0 Å². The smallest absolute Gasteiger partial charge is 0.363 e. The number of hydrogen-bond acceptors (Lipinski definition) is 3. The Morgan fingerprint density at radius 1 is 0.857 bits per heavy atom. The molecule has 1 aromatic carbocycles. The van der Waals surface area contributed by atoms with Gasteiger partial charge in [0.05, 0.1) is 5.56 Å². The molecule has 1 amide bonds. The van der Waals surface area contributed by atoms with E-state index in [-0.39, 0.29) is 31.7 Å². The SMILES string of the molecule is O=C(c1ccc(C(F)(F)F)cc1)N1CCN(c2c(F)c(F)nc(F)c2F)CC1. The van der Waals surface area contributed by atoms with Gasteiger partial charge < -0.3 is 9.80 Å². The highest BCUT2D eigenvalue weighted by atomic mass is 19.4. The van der Waals surface area contributed by atoms with Crippen molar-refractivity contribution in [2.45, 2.75) is 6.18 Å². The number of carbonyl (C=O) groups excluding carboxylic acids is 1. The molecule has 0 unspecified atom stereocenters. The van der Waals surface area contributed by atoms with E-state index in [1.165, 1.54) is 4.90 Å². The maximum absolute atomic E-state index is 13.8. The van der Waals surface area contributed by atoms with Crippen LogP contribution >= 0.6 is 0 Å². The van der Waals surface area contributed by atoms with Crippen molar-refractivity contribution in [3.63, 3.8) is 0 Å². The molecule has 0 atom stereocenters. The average molecular weight is 407 g/mol. The first-order valence-electron chi connectivity index (χ1n) is 8.01. The molecule has 0 spiro atoms. The number of piperazine rings is 1. The van der Waals surface area contributed by atoms with Crippen molar-refractivity contribution in [3.05, 3.63) is 58.9 Å². The van der Waals surface area contributed by atoms with Crippen molar-refractivity contribution >= 4 is 11.6 Å². The summed E-state index contributed by atoms with van der Waals surface area (Å²) in [6.45, 7) is -0.374. The minimum absolute atomic E-state index is 0.0137. The third kappa shape index (κ3) is 3.73. The predicted molar refractivity (Wildman–Crippen MR) is 83.6 cm³/mol. The minimum atomic E-state index is -4.53.